The molecule has 1 saturated heterocycles. The number of rotatable bonds is 2. The van der Waals surface area contributed by atoms with Crippen LogP contribution in [0.5, 0.6) is 0 Å². The van der Waals surface area contributed by atoms with Gasteiger partial charge < -0.3 is 10.0 Å². The molecule has 0 aromatic heterocycles. The van der Waals surface area contributed by atoms with Crippen molar-refractivity contribution in [3.8, 4) is 0 Å². The Hall–Kier alpha value is -2.70. The number of carbonyl (C=O) groups excluding carboxylic acids is 3. The minimum Gasteiger partial charge on any atom is -0.480 e. The summed E-state index contributed by atoms with van der Waals surface area (Å²) in [4.78, 5) is 50.3. The molecule has 3 rings (SSSR count). The van der Waals surface area contributed by atoms with E-state index in [1.165, 1.54) is 4.90 Å². The molecule has 2 aliphatic heterocycles. The summed E-state index contributed by atoms with van der Waals surface area (Å²) in [7, 11) is 1.54. The number of nitrogens with zero attached hydrogens (tertiary/aromatic N) is 2. The molecular weight excluding hydrogens is 288 g/mol. The first kappa shape index (κ1) is 14.2. The molecule has 2 heterocycles. The summed E-state index contributed by atoms with van der Waals surface area (Å²) in [6.45, 7) is 1.10. The van der Waals surface area contributed by atoms with Gasteiger partial charge in [0.2, 0.25) is 11.8 Å². The van der Waals surface area contributed by atoms with Crippen LogP contribution >= 0.6 is 0 Å². The van der Waals surface area contributed by atoms with Gasteiger partial charge >= 0.3 is 5.97 Å². The van der Waals surface area contributed by atoms with E-state index in [0.717, 1.165) is 5.56 Å². The molecule has 3 amide bonds. The maximum absolute atomic E-state index is 12.7. The molecule has 0 aliphatic carbocycles. The summed E-state index contributed by atoms with van der Waals surface area (Å²) in [5.74, 6) is -3.16. The molecule has 1 spiro atoms. The molecule has 1 atom stereocenters. The number of likely N-dealkylation sites (N-methyl/N-ethyl adjacent to an activating group) is 1. The molecule has 22 heavy (non-hydrogen) atoms. The third-order valence-electron chi connectivity index (χ3n) is 4.26. The number of fused-ring (bicyclic) bond motifs is 2. The van der Waals surface area contributed by atoms with Gasteiger partial charge in [0.25, 0.3) is 5.91 Å². The van der Waals surface area contributed by atoms with E-state index < -0.39 is 35.7 Å². The van der Waals surface area contributed by atoms with Crippen molar-refractivity contribution in [2.24, 2.45) is 0 Å². The number of hydrogen-bond donors (Lipinski definition) is 1. The van der Waals surface area contributed by atoms with Crippen LogP contribution in [0.4, 0.5) is 5.69 Å². The van der Waals surface area contributed by atoms with Crippen molar-refractivity contribution in [1.82, 2.24) is 4.90 Å². The maximum Gasteiger partial charge on any atom is 0.323 e. The van der Waals surface area contributed by atoms with E-state index in [9.17, 15) is 19.2 Å². The zero-order chi connectivity index (χ0) is 16.2. The number of benzene rings is 1. The number of imide groups is 1. The average Bonchev–Trinajstić information content (AvgIpc) is 2.81. The Labute approximate surface area is 126 Å². The van der Waals surface area contributed by atoms with Gasteiger partial charge in [-0.05, 0) is 13.0 Å². The van der Waals surface area contributed by atoms with Crippen LogP contribution in [-0.4, -0.2) is 47.3 Å². The van der Waals surface area contributed by atoms with Crippen LogP contribution in [-0.2, 0) is 24.6 Å². The molecule has 2 aliphatic rings. The van der Waals surface area contributed by atoms with Gasteiger partial charge in [-0.25, -0.2) is 0 Å². The normalized spacial score (nSPS) is 23.6. The Balaban J connectivity index is 2.17. The number of anilines is 1. The van der Waals surface area contributed by atoms with Crippen LogP contribution < -0.4 is 4.90 Å². The molecule has 1 fully saturated rings. The smallest absolute Gasteiger partial charge is 0.323 e. The minimum absolute atomic E-state index is 0.321. The van der Waals surface area contributed by atoms with Crippen molar-refractivity contribution in [3.63, 3.8) is 0 Å². The van der Waals surface area contributed by atoms with Gasteiger partial charge in [0.1, 0.15) is 6.54 Å². The summed E-state index contributed by atoms with van der Waals surface area (Å²) in [5.41, 5.74) is 0.307. The summed E-state index contributed by atoms with van der Waals surface area (Å²) >= 11 is 0. The molecule has 1 unspecified atom stereocenters. The Bertz CT molecular complexity index is 741. The molecule has 0 bridgehead atoms. The van der Waals surface area contributed by atoms with Crippen molar-refractivity contribution in [3.05, 3.63) is 29.3 Å². The maximum atomic E-state index is 12.7. The SMILES string of the molecule is Cc1ccc2c(c1)C1(CC(=O)N(CC(=O)O)C1=O)C(=O)N2C. The first-order chi connectivity index (χ1) is 10.3. The van der Waals surface area contributed by atoms with E-state index in [4.69, 9.17) is 5.11 Å². The van der Waals surface area contributed by atoms with E-state index in [-0.39, 0.29) is 6.42 Å². The van der Waals surface area contributed by atoms with E-state index in [1.807, 2.05) is 13.0 Å². The zero-order valence-electron chi connectivity index (χ0n) is 12.1. The van der Waals surface area contributed by atoms with Crippen LogP contribution in [0, 0.1) is 6.92 Å². The van der Waals surface area contributed by atoms with Gasteiger partial charge in [-0.3, -0.25) is 24.1 Å². The molecule has 0 saturated carbocycles. The first-order valence-corrected chi connectivity index (χ1v) is 6.75. The fourth-order valence-corrected chi connectivity index (χ4v) is 3.21. The minimum atomic E-state index is -1.61. The molecule has 114 valence electrons. The number of hydrogen-bond acceptors (Lipinski definition) is 4. The topological polar surface area (TPSA) is 95.0 Å². The van der Waals surface area contributed by atoms with E-state index in [1.54, 1.807) is 19.2 Å². The second-order valence-electron chi connectivity index (χ2n) is 5.65. The predicted molar refractivity (Wildman–Crippen MR) is 75.2 cm³/mol. The number of aliphatic carboxylic acids is 1. The van der Waals surface area contributed by atoms with E-state index in [2.05, 4.69) is 0 Å². The third kappa shape index (κ3) is 1.62. The average molecular weight is 302 g/mol. The summed E-state index contributed by atoms with van der Waals surface area (Å²) in [6.07, 6.45) is -0.321. The predicted octanol–water partition coefficient (Wildman–Crippen LogP) is 0.0527. The number of carboxylic acid groups (broad SMARTS) is 1. The lowest BCUT2D eigenvalue weighted by molar-refractivity contribution is -0.150. The third-order valence-corrected chi connectivity index (χ3v) is 4.26. The van der Waals surface area contributed by atoms with Gasteiger partial charge in [0.15, 0.2) is 5.41 Å². The number of aryl methyl sites for hydroxylation is 1. The van der Waals surface area contributed by atoms with Crippen LogP contribution in [0.15, 0.2) is 18.2 Å². The summed E-state index contributed by atoms with van der Waals surface area (Å²) in [5, 5.41) is 8.86. The molecule has 1 N–H and O–H groups in total. The van der Waals surface area contributed by atoms with E-state index in [0.29, 0.717) is 16.2 Å². The van der Waals surface area contributed by atoms with Crippen molar-refractivity contribution >= 4 is 29.4 Å². The highest BCUT2D eigenvalue weighted by atomic mass is 16.4. The Morgan fingerprint density at radius 3 is 2.59 bits per heavy atom. The Morgan fingerprint density at radius 2 is 1.95 bits per heavy atom. The molecule has 1 aromatic rings. The first-order valence-electron chi connectivity index (χ1n) is 6.75. The van der Waals surface area contributed by atoms with Crippen molar-refractivity contribution in [2.75, 3.05) is 18.5 Å². The van der Waals surface area contributed by atoms with Crippen LogP contribution in [0.2, 0.25) is 0 Å². The van der Waals surface area contributed by atoms with E-state index >= 15 is 0 Å². The summed E-state index contributed by atoms with van der Waals surface area (Å²) in [6, 6.07) is 5.26. The lowest BCUT2D eigenvalue weighted by Gasteiger charge is -2.20. The number of carboxylic acids is 1. The molecule has 1 aromatic carbocycles. The second-order valence-corrected chi connectivity index (χ2v) is 5.65. The Morgan fingerprint density at radius 1 is 1.27 bits per heavy atom. The van der Waals surface area contributed by atoms with Gasteiger partial charge in [-0.15, -0.1) is 0 Å². The second kappa shape index (κ2) is 4.40. The van der Waals surface area contributed by atoms with Gasteiger partial charge in [0.05, 0.1) is 6.42 Å². The number of amides is 3. The standard InChI is InChI=1S/C15H14N2O5/c1-8-3-4-10-9(5-8)15(13(21)16(10)2)6-11(18)17(14(15)22)7-12(19)20/h3-5H,6-7H2,1-2H3,(H,19,20). The highest BCUT2D eigenvalue weighted by Gasteiger charge is 2.63. The summed E-state index contributed by atoms with van der Waals surface area (Å²) < 4.78 is 0. The van der Waals surface area contributed by atoms with Crippen LogP contribution in [0.1, 0.15) is 17.5 Å². The highest BCUT2D eigenvalue weighted by molar-refractivity contribution is 6.28. The molecule has 7 heteroatoms. The van der Waals surface area contributed by atoms with Crippen LogP contribution in [0.3, 0.4) is 0 Å². The van der Waals surface area contributed by atoms with Crippen molar-refractivity contribution < 1.29 is 24.3 Å². The van der Waals surface area contributed by atoms with Crippen molar-refractivity contribution in [2.45, 2.75) is 18.8 Å². The number of likely N-dealkylation sites (tertiary alicyclic amines) is 1. The zero-order valence-corrected chi connectivity index (χ0v) is 12.1. The molecular formula is C15H14N2O5. The highest BCUT2D eigenvalue weighted by Crippen LogP contribution is 2.48. The van der Waals surface area contributed by atoms with Gasteiger partial charge in [-0.2, -0.15) is 0 Å². The lowest BCUT2D eigenvalue weighted by Crippen LogP contribution is -2.46. The van der Waals surface area contributed by atoms with Gasteiger partial charge in [-0.1, -0.05) is 17.7 Å². The lowest BCUT2D eigenvalue weighted by atomic mass is 9.79. The number of carbonyl (C=O) groups is 4. The largest absolute Gasteiger partial charge is 0.480 e. The Kier molecular flexibility index (Phi) is 2.85. The fraction of sp³-hybridized carbons (Fsp3) is 0.333. The quantitative estimate of drug-likeness (QED) is 0.615. The van der Waals surface area contributed by atoms with Crippen LogP contribution in [0.25, 0.3) is 0 Å². The fourth-order valence-electron chi connectivity index (χ4n) is 3.21. The van der Waals surface area contributed by atoms with Crippen molar-refractivity contribution in [1.29, 1.82) is 0 Å². The molecule has 7 nitrogen and oxygen atoms in total. The van der Waals surface area contributed by atoms with Gasteiger partial charge in [0, 0.05) is 18.3 Å². The monoisotopic (exact) mass is 302 g/mol. The molecule has 0 radical (unpaired) electrons.